The predicted octanol–water partition coefficient (Wildman–Crippen LogP) is 2.85. The Kier molecular flexibility index (Phi) is 4.05. The molecule has 1 aromatic carbocycles. The Balaban J connectivity index is 2.33. The Morgan fingerprint density at radius 2 is 1.89 bits per heavy atom. The zero-order valence-electron chi connectivity index (χ0n) is 12.5. The molecule has 0 bridgehead atoms. The van der Waals surface area contributed by atoms with Gasteiger partial charge in [-0.05, 0) is 45.4 Å². The molecule has 0 aliphatic rings. The SMILES string of the molecule is CNC(Cc1ccccc1C)c1c(C)nn(C)c1C. The van der Waals surface area contributed by atoms with Crippen molar-refractivity contribution in [2.45, 2.75) is 33.2 Å². The van der Waals surface area contributed by atoms with Crippen molar-refractivity contribution in [3.63, 3.8) is 0 Å². The first kappa shape index (κ1) is 13.8. The van der Waals surface area contributed by atoms with Gasteiger partial charge in [0.05, 0.1) is 5.69 Å². The van der Waals surface area contributed by atoms with Crippen LogP contribution >= 0.6 is 0 Å². The second-order valence-corrected chi connectivity index (χ2v) is 5.18. The topological polar surface area (TPSA) is 29.9 Å². The van der Waals surface area contributed by atoms with E-state index in [1.807, 2.05) is 18.8 Å². The van der Waals surface area contributed by atoms with E-state index >= 15 is 0 Å². The minimum atomic E-state index is 0.315. The van der Waals surface area contributed by atoms with Crippen LogP contribution in [0, 0.1) is 20.8 Å². The summed E-state index contributed by atoms with van der Waals surface area (Å²) in [5.41, 5.74) is 6.43. The van der Waals surface area contributed by atoms with Crippen molar-refractivity contribution in [2.24, 2.45) is 7.05 Å². The second-order valence-electron chi connectivity index (χ2n) is 5.18. The predicted molar refractivity (Wildman–Crippen MR) is 79.4 cm³/mol. The van der Waals surface area contributed by atoms with Gasteiger partial charge in [0.15, 0.2) is 0 Å². The zero-order chi connectivity index (χ0) is 14.0. The summed E-state index contributed by atoms with van der Waals surface area (Å²) in [4.78, 5) is 0. The smallest absolute Gasteiger partial charge is 0.0644 e. The number of benzene rings is 1. The highest BCUT2D eigenvalue weighted by Gasteiger charge is 2.19. The van der Waals surface area contributed by atoms with Gasteiger partial charge >= 0.3 is 0 Å². The van der Waals surface area contributed by atoms with Crippen LogP contribution in [0.15, 0.2) is 24.3 Å². The summed E-state index contributed by atoms with van der Waals surface area (Å²) >= 11 is 0. The first-order valence-corrected chi connectivity index (χ1v) is 6.76. The van der Waals surface area contributed by atoms with Gasteiger partial charge in [-0.1, -0.05) is 24.3 Å². The van der Waals surface area contributed by atoms with Gasteiger partial charge in [-0.2, -0.15) is 5.10 Å². The van der Waals surface area contributed by atoms with Gasteiger partial charge in [0.25, 0.3) is 0 Å². The van der Waals surface area contributed by atoms with E-state index in [1.54, 1.807) is 0 Å². The third-order valence-corrected chi connectivity index (χ3v) is 3.95. The van der Waals surface area contributed by atoms with Crippen molar-refractivity contribution < 1.29 is 0 Å². The van der Waals surface area contributed by atoms with Gasteiger partial charge < -0.3 is 5.32 Å². The van der Waals surface area contributed by atoms with E-state index in [0.717, 1.165) is 12.1 Å². The van der Waals surface area contributed by atoms with E-state index in [1.165, 1.54) is 22.4 Å². The number of aryl methyl sites for hydroxylation is 3. The Labute approximate surface area is 115 Å². The van der Waals surface area contributed by atoms with Crippen molar-refractivity contribution in [1.29, 1.82) is 0 Å². The highest BCUT2D eigenvalue weighted by Crippen LogP contribution is 2.25. The first-order chi connectivity index (χ1) is 9.04. The number of rotatable bonds is 4. The molecule has 0 spiro atoms. The van der Waals surface area contributed by atoms with Crippen LogP contribution in [0.1, 0.15) is 34.1 Å². The van der Waals surface area contributed by atoms with Crippen LogP contribution in [0.5, 0.6) is 0 Å². The molecule has 0 saturated heterocycles. The number of nitrogens with zero attached hydrogens (tertiary/aromatic N) is 2. The summed E-state index contributed by atoms with van der Waals surface area (Å²) in [5.74, 6) is 0. The number of nitrogens with one attached hydrogen (secondary N) is 1. The van der Waals surface area contributed by atoms with Crippen LogP contribution in [0.4, 0.5) is 0 Å². The van der Waals surface area contributed by atoms with Gasteiger partial charge in [0.2, 0.25) is 0 Å². The molecule has 0 aliphatic heterocycles. The van der Waals surface area contributed by atoms with Crippen molar-refractivity contribution in [3.05, 3.63) is 52.3 Å². The molecule has 0 aliphatic carbocycles. The van der Waals surface area contributed by atoms with Crippen molar-refractivity contribution in [3.8, 4) is 0 Å². The number of aromatic nitrogens is 2. The van der Waals surface area contributed by atoms with E-state index in [4.69, 9.17) is 0 Å². The Bertz CT molecular complexity index is 569. The standard InChI is InChI=1S/C16H23N3/c1-11-8-6-7-9-14(11)10-15(17-4)16-12(2)18-19(5)13(16)3/h6-9,15,17H,10H2,1-5H3. The molecule has 1 aromatic heterocycles. The van der Waals surface area contributed by atoms with Gasteiger partial charge in [0.1, 0.15) is 0 Å². The highest BCUT2D eigenvalue weighted by atomic mass is 15.3. The molecule has 0 amide bonds. The number of hydrogen-bond donors (Lipinski definition) is 1. The summed E-state index contributed by atoms with van der Waals surface area (Å²) < 4.78 is 1.97. The average Bonchev–Trinajstić information content (AvgIpc) is 2.63. The van der Waals surface area contributed by atoms with Gasteiger partial charge in [-0.3, -0.25) is 4.68 Å². The van der Waals surface area contributed by atoms with Crippen LogP contribution in [0.2, 0.25) is 0 Å². The second kappa shape index (κ2) is 5.57. The lowest BCUT2D eigenvalue weighted by Gasteiger charge is -2.18. The largest absolute Gasteiger partial charge is 0.313 e. The fourth-order valence-electron chi connectivity index (χ4n) is 2.70. The molecular weight excluding hydrogens is 234 g/mol. The maximum atomic E-state index is 4.52. The fourth-order valence-corrected chi connectivity index (χ4v) is 2.70. The minimum absolute atomic E-state index is 0.315. The van der Waals surface area contributed by atoms with E-state index in [0.29, 0.717) is 6.04 Å². The Morgan fingerprint density at radius 1 is 1.21 bits per heavy atom. The summed E-state index contributed by atoms with van der Waals surface area (Å²) in [6.45, 7) is 6.40. The van der Waals surface area contributed by atoms with Crippen LogP contribution in [0.25, 0.3) is 0 Å². The van der Waals surface area contributed by atoms with E-state index in [9.17, 15) is 0 Å². The van der Waals surface area contributed by atoms with Crippen LogP contribution in [0.3, 0.4) is 0 Å². The molecule has 3 nitrogen and oxygen atoms in total. The van der Waals surface area contributed by atoms with Gasteiger partial charge in [-0.25, -0.2) is 0 Å². The number of likely N-dealkylation sites (N-methyl/N-ethyl adjacent to an activating group) is 1. The first-order valence-electron chi connectivity index (χ1n) is 6.76. The molecule has 0 radical (unpaired) electrons. The van der Waals surface area contributed by atoms with Gasteiger partial charge in [0, 0.05) is 24.3 Å². The zero-order valence-corrected chi connectivity index (χ0v) is 12.5. The highest BCUT2D eigenvalue weighted by molar-refractivity contribution is 5.33. The molecule has 1 N–H and O–H groups in total. The van der Waals surface area contributed by atoms with Crippen molar-refractivity contribution >= 4 is 0 Å². The molecule has 2 rings (SSSR count). The maximum Gasteiger partial charge on any atom is 0.0644 e. The number of hydrogen-bond acceptors (Lipinski definition) is 2. The van der Waals surface area contributed by atoms with Gasteiger partial charge in [-0.15, -0.1) is 0 Å². The molecule has 2 aromatic rings. The summed E-state index contributed by atoms with van der Waals surface area (Å²) in [5, 5.41) is 7.96. The molecule has 3 heteroatoms. The third-order valence-electron chi connectivity index (χ3n) is 3.95. The van der Waals surface area contributed by atoms with E-state index in [2.05, 4.69) is 55.5 Å². The van der Waals surface area contributed by atoms with E-state index in [-0.39, 0.29) is 0 Å². The Morgan fingerprint density at radius 3 is 2.42 bits per heavy atom. The molecule has 1 heterocycles. The maximum absolute atomic E-state index is 4.52. The minimum Gasteiger partial charge on any atom is -0.313 e. The normalized spacial score (nSPS) is 12.7. The lowest BCUT2D eigenvalue weighted by molar-refractivity contribution is 0.583. The fraction of sp³-hybridized carbons (Fsp3) is 0.438. The third kappa shape index (κ3) is 2.71. The molecule has 0 fully saturated rings. The molecule has 1 atom stereocenters. The lowest BCUT2D eigenvalue weighted by atomic mass is 9.95. The van der Waals surface area contributed by atoms with E-state index < -0.39 is 0 Å². The quantitative estimate of drug-likeness (QED) is 0.912. The summed E-state index contributed by atoms with van der Waals surface area (Å²) in [6, 6.07) is 8.90. The summed E-state index contributed by atoms with van der Waals surface area (Å²) in [7, 11) is 4.03. The Hall–Kier alpha value is -1.61. The van der Waals surface area contributed by atoms with Crippen LogP contribution < -0.4 is 5.32 Å². The molecule has 0 saturated carbocycles. The monoisotopic (exact) mass is 257 g/mol. The van der Waals surface area contributed by atoms with Crippen molar-refractivity contribution in [2.75, 3.05) is 7.05 Å². The molecular formula is C16H23N3. The van der Waals surface area contributed by atoms with Crippen LogP contribution in [-0.4, -0.2) is 16.8 Å². The molecule has 102 valence electrons. The molecule has 19 heavy (non-hydrogen) atoms. The van der Waals surface area contributed by atoms with Crippen molar-refractivity contribution in [1.82, 2.24) is 15.1 Å². The van der Waals surface area contributed by atoms with Crippen LogP contribution in [-0.2, 0) is 13.5 Å². The lowest BCUT2D eigenvalue weighted by Crippen LogP contribution is -2.20. The molecule has 1 unspecified atom stereocenters. The summed E-state index contributed by atoms with van der Waals surface area (Å²) in [6.07, 6.45) is 0.997. The average molecular weight is 257 g/mol.